The van der Waals surface area contributed by atoms with E-state index < -0.39 is 27.4 Å². The first-order valence-electron chi connectivity index (χ1n) is 9.12. The second kappa shape index (κ2) is 8.50. The lowest BCUT2D eigenvalue weighted by atomic mass is 10.1. The smallest absolute Gasteiger partial charge is 0.271 e. The van der Waals surface area contributed by atoms with Gasteiger partial charge in [0.25, 0.3) is 5.69 Å². The third kappa shape index (κ3) is 4.93. The number of carbonyl (C=O) groups is 1. The summed E-state index contributed by atoms with van der Waals surface area (Å²) in [5.74, 6) is -0.514. The van der Waals surface area contributed by atoms with E-state index in [0.29, 0.717) is 5.56 Å². The van der Waals surface area contributed by atoms with Crippen molar-refractivity contribution in [3.63, 3.8) is 0 Å². The van der Waals surface area contributed by atoms with Gasteiger partial charge in [-0.2, -0.15) is 0 Å². The fourth-order valence-electron chi connectivity index (χ4n) is 3.10. The summed E-state index contributed by atoms with van der Waals surface area (Å²) < 4.78 is 25.5. The predicted molar refractivity (Wildman–Crippen MR) is 116 cm³/mol. The molecule has 0 fully saturated rings. The van der Waals surface area contributed by atoms with Crippen LogP contribution < -0.4 is 9.62 Å². The number of nitro groups is 1. The third-order valence-electron chi connectivity index (χ3n) is 4.66. The molecule has 0 unspecified atom stereocenters. The van der Waals surface area contributed by atoms with E-state index in [1.54, 1.807) is 6.92 Å². The molecule has 3 aromatic rings. The summed E-state index contributed by atoms with van der Waals surface area (Å²) in [6.07, 6.45) is 0.960. The summed E-state index contributed by atoms with van der Waals surface area (Å²) >= 11 is 0. The first-order valence-corrected chi connectivity index (χ1v) is 11.0. The highest BCUT2D eigenvalue weighted by atomic mass is 32.2. The van der Waals surface area contributed by atoms with Crippen LogP contribution in [0.3, 0.4) is 0 Å². The highest BCUT2D eigenvalue weighted by molar-refractivity contribution is 7.92. The standard InChI is InChI=1S/C21H21N3O5S/c1-15-7-10-19(24(26)27)12-20(15)23(30(2,28)29)14-21(25)22-13-16-8-9-17-5-3-4-6-18(17)11-16/h3-12H,13-14H2,1-2H3,(H,22,25). The zero-order chi connectivity index (χ0) is 21.9. The summed E-state index contributed by atoms with van der Waals surface area (Å²) in [4.78, 5) is 23.0. The normalized spacial score (nSPS) is 11.3. The molecule has 0 aliphatic rings. The molecule has 0 aliphatic heterocycles. The number of amides is 1. The van der Waals surface area contributed by atoms with E-state index >= 15 is 0 Å². The number of hydrogen-bond acceptors (Lipinski definition) is 5. The summed E-state index contributed by atoms with van der Waals surface area (Å²) in [5.41, 5.74) is 1.24. The highest BCUT2D eigenvalue weighted by Crippen LogP contribution is 2.27. The molecule has 0 spiro atoms. The minimum absolute atomic E-state index is 0.104. The predicted octanol–water partition coefficient (Wildman–Crippen LogP) is 3.14. The van der Waals surface area contributed by atoms with Crippen molar-refractivity contribution in [2.45, 2.75) is 13.5 Å². The first-order chi connectivity index (χ1) is 14.1. The molecule has 3 aromatic carbocycles. The number of aryl methyl sites for hydroxylation is 1. The number of nitrogens with one attached hydrogen (secondary N) is 1. The Kier molecular flexibility index (Phi) is 6.02. The van der Waals surface area contributed by atoms with Crippen LogP contribution in [-0.2, 0) is 21.4 Å². The van der Waals surface area contributed by atoms with Gasteiger partial charge in [-0.3, -0.25) is 19.2 Å². The van der Waals surface area contributed by atoms with Gasteiger partial charge in [0.15, 0.2) is 0 Å². The molecule has 9 heteroatoms. The maximum Gasteiger partial charge on any atom is 0.271 e. The Hall–Kier alpha value is -3.46. The molecule has 0 saturated heterocycles. The fraction of sp³-hybridized carbons (Fsp3) is 0.190. The van der Waals surface area contributed by atoms with Crippen LogP contribution in [0.5, 0.6) is 0 Å². The fourth-order valence-corrected chi connectivity index (χ4v) is 4.00. The SMILES string of the molecule is Cc1ccc([N+](=O)[O-])cc1N(CC(=O)NCc1ccc2ccccc2c1)S(C)(=O)=O. The Morgan fingerprint density at radius 2 is 1.77 bits per heavy atom. The number of anilines is 1. The van der Waals surface area contributed by atoms with E-state index in [0.717, 1.165) is 33.0 Å². The maximum atomic E-state index is 12.5. The van der Waals surface area contributed by atoms with Gasteiger partial charge in [-0.05, 0) is 34.9 Å². The van der Waals surface area contributed by atoms with Crippen molar-refractivity contribution in [1.29, 1.82) is 0 Å². The summed E-state index contributed by atoms with van der Waals surface area (Å²) in [6, 6.07) is 17.5. The van der Waals surface area contributed by atoms with Gasteiger partial charge < -0.3 is 5.32 Å². The Labute approximate surface area is 174 Å². The largest absolute Gasteiger partial charge is 0.350 e. The van der Waals surface area contributed by atoms with Gasteiger partial charge >= 0.3 is 0 Å². The number of nitro benzene ring substituents is 1. The van der Waals surface area contributed by atoms with Gasteiger partial charge in [0.05, 0.1) is 16.9 Å². The van der Waals surface area contributed by atoms with Crippen molar-refractivity contribution in [1.82, 2.24) is 5.32 Å². The van der Waals surface area contributed by atoms with Crippen LogP contribution in [0.15, 0.2) is 60.7 Å². The number of sulfonamides is 1. The average Bonchev–Trinajstić information content (AvgIpc) is 2.70. The molecule has 3 rings (SSSR count). The monoisotopic (exact) mass is 427 g/mol. The van der Waals surface area contributed by atoms with E-state index in [-0.39, 0.29) is 17.9 Å². The second-order valence-corrected chi connectivity index (χ2v) is 8.86. The van der Waals surface area contributed by atoms with Crippen LogP contribution in [-0.4, -0.2) is 32.0 Å². The summed E-state index contributed by atoms with van der Waals surface area (Å²) in [6.45, 7) is 1.38. The number of benzene rings is 3. The van der Waals surface area contributed by atoms with Crippen LogP contribution in [0, 0.1) is 17.0 Å². The summed E-state index contributed by atoms with van der Waals surface area (Å²) in [5, 5.41) is 15.9. The van der Waals surface area contributed by atoms with Crippen molar-refractivity contribution in [3.8, 4) is 0 Å². The zero-order valence-electron chi connectivity index (χ0n) is 16.5. The van der Waals surface area contributed by atoms with Gasteiger partial charge in [0, 0.05) is 18.7 Å². The average molecular weight is 427 g/mol. The quantitative estimate of drug-likeness (QED) is 0.460. The number of fused-ring (bicyclic) bond motifs is 1. The van der Waals surface area contributed by atoms with Gasteiger partial charge in [0.2, 0.25) is 15.9 Å². The first kappa shape index (κ1) is 21.3. The molecule has 156 valence electrons. The second-order valence-electron chi connectivity index (χ2n) is 6.96. The molecular weight excluding hydrogens is 406 g/mol. The van der Waals surface area contributed by atoms with Gasteiger partial charge in [-0.1, -0.05) is 42.5 Å². The number of nitrogens with zero attached hydrogens (tertiary/aromatic N) is 2. The van der Waals surface area contributed by atoms with Crippen LogP contribution in [0.25, 0.3) is 10.8 Å². The van der Waals surface area contributed by atoms with Crippen molar-refractivity contribution >= 4 is 38.1 Å². The molecule has 1 N–H and O–H groups in total. The Balaban J connectivity index is 1.77. The molecule has 0 radical (unpaired) electrons. The Morgan fingerprint density at radius 3 is 2.43 bits per heavy atom. The lowest BCUT2D eigenvalue weighted by Gasteiger charge is -2.23. The molecule has 0 atom stereocenters. The van der Waals surface area contributed by atoms with Crippen LogP contribution in [0.2, 0.25) is 0 Å². The van der Waals surface area contributed by atoms with Gasteiger partial charge in [0.1, 0.15) is 6.54 Å². The van der Waals surface area contributed by atoms with Crippen molar-refractivity contribution < 1.29 is 18.1 Å². The van der Waals surface area contributed by atoms with E-state index in [1.165, 1.54) is 12.1 Å². The lowest BCUT2D eigenvalue weighted by Crippen LogP contribution is -2.40. The molecule has 30 heavy (non-hydrogen) atoms. The Morgan fingerprint density at radius 1 is 1.07 bits per heavy atom. The highest BCUT2D eigenvalue weighted by Gasteiger charge is 2.24. The van der Waals surface area contributed by atoms with Crippen LogP contribution >= 0.6 is 0 Å². The van der Waals surface area contributed by atoms with E-state index in [4.69, 9.17) is 0 Å². The molecule has 0 aromatic heterocycles. The lowest BCUT2D eigenvalue weighted by molar-refractivity contribution is -0.384. The van der Waals surface area contributed by atoms with E-state index in [9.17, 15) is 23.3 Å². The molecule has 0 heterocycles. The van der Waals surface area contributed by atoms with Crippen molar-refractivity contribution in [3.05, 3.63) is 81.9 Å². The van der Waals surface area contributed by atoms with E-state index in [1.807, 2.05) is 42.5 Å². The topological polar surface area (TPSA) is 110 Å². The van der Waals surface area contributed by atoms with Crippen LogP contribution in [0.1, 0.15) is 11.1 Å². The maximum absolute atomic E-state index is 12.5. The van der Waals surface area contributed by atoms with E-state index in [2.05, 4.69) is 5.32 Å². The van der Waals surface area contributed by atoms with Crippen LogP contribution in [0.4, 0.5) is 11.4 Å². The summed E-state index contributed by atoms with van der Waals surface area (Å²) in [7, 11) is -3.84. The number of non-ortho nitro benzene ring substituents is 1. The van der Waals surface area contributed by atoms with Gasteiger partial charge in [-0.25, -0.2) is 8.42 Å². The minimum Gasteiger partial charge on any atom is -0.350 e. The minimum atomic E-state index is -3.84. The number of hydrogen-bond donors (Lipinski definition) is 1. The molecule has 0 aliphatic carbocycles. The molecule has 0 bridgehead atoms. The van der Waals surface area contributed by atoms with Gasteiger partial charge in [-0.15, -0.1) is 0 Å². The molecular formula is C21H21N3O5S. The van der Waals surface area contributed by atoms with Crippen molar-refractivity contribution in [2.24, 2.45) is 0 Å². The zero-order valence-corrected chi connectivity index (χ0v) is 17.3. The molecule has 1 amide bonds. The molecule has 8 nitrogen and oxygen atoms in total. The molecule has 0 saturated carbocycles. The van der Waals surface area contributed by atoms with Crippen molar-refractivity contribution in [2.75, 3.05) is 17.1 Å². The number of carbonyl (C=O) groups excluding carboxylic acids is 1. The third-order valence-corrected chi connectivity index (χ3v) is 5.79. The Bertz CT molecular complexity index is 1220. The number of rotatable bonds is 7.